The van der Waals surface area contributed by atoms with Crippen molar-refractivity contribution in [2.45, 2.75) is 134 Å². The maximum atomic E-state index is 7.21. The highest BCUT2D eigenvalue weighted by molar-refractivity contribution is 7.00. The molecule has 2 aliphatic heterocycles. The summed E-state index contributed by atoms with van der Waals surface area (Å²) < 4.78 is 26.4. The molecular weight excluding hydrogens is 661 g/mol. The van der Waals surface area contributed by atoms with Crippen molar-refractivity contribution < 1.29 is 18.3 Å². The molecular formula is C45H60O4Si2. The van der Waals surface area contributed by atoms with Gasteiger partial charge in [-0.05, 0) is 70.4 Å². The molecule has 6 atom stereocenters. The molecule has 2 aliphatic carbocycles. The first kappa shape index (κ1) is 37.9. The number of fused-ring (bicyclic) bond motifs is 2. The van der Waals surface area contributed by atoms with E-state index in [1.165, 1.54) is 20.7 Å². The normalized spacial score (nSPS) is 28.1. The summed E-state index contributed by atoms with van der Waals surface area (Å²) in [6.07, 6.45) is 5.62. The van der Waals surface area contributed by atoms with E-state index in [-0.39, 0.29) is 40.9 Å². The van der Waals surface area contributed by atoms with E-state index in [9.17, 15) is 0 Å². The molecule has 0 N–H and O–H groups in total. The molecule has 2 saturated carbocycles. The molecule has 0 aromatic heterocycles. The van der Waals surface area contributed by atoms with Crippen LogP contribution in [0.1, 0.15) is 88.5 Å². The van der Waals surface area contributed by atoms with Gasteiger partial charge in [-0.15, -0.1) is 0 Å². The van der Waals surface area contributed by atoms with E-state index in [1.807, 2.05) is 0 Å². The van der Waals surface area contributed by atoms with E-state index in [0.717, 1.165) is 25.7 Å². The lowest BCUT2D eigenvalue weighted by Crippen LogP contribution is -2.68. The molecule has 0 bridgehead atoms. The summed E-state index contributed by atoms with van der Waals surface area (Å²) >= 11 is 0. The van der Waals surface area contributed by atoms with Gasteiger partial charge in [-0.2, -0.15) is 0 Å². The molecule has 4 aromatic rings. The largest absolute Gasteiger partial charge is 0.401 e. The zero-order valence-electron chi connectivity index (χ0n) is 31.3. The molecule has 2 heterocycles. The summed E-state index contributed by atoms with van der Waals surface area (Å²) in [5, 5.41) is 5.45. The van der Waals surface area contributed by atoms with Crippen LogP contribution in [0.4, 0.5) is 0 Å². The Balaban J connectivity index is 0.000000172. The Bertz CT molecular complexity index is 1520. The number of ether oxygens (including phenoxy) is 2. The van der Waals surface area contributed by atoms with Crippen molar-refractivity contribution in [3.63, 3.8) is 0 Å². The van der Waals surface area contributed by atoms with Crippen LogP contribution < -0.4 is 20.7 Å². The topological polar surface area (TPSA) is 43.5 Å². The highest BCUT2D eigenvalue weighted by atomic mass is 28.4. The average molecular weight is 721 g/mol. The van der Waals surface area contributed by atoms with Gasteiger partial charge < -0.3 is 18.3 Å². The predicted octanol–water partition coefficient (Wildman–Crippen LogP) is 8.40. The second-order valence-electron chi connectivity index (χ2n) is 17.3. The lowest BCUT2D eigenvalue weighted by molar-refractivity contribution is 0.0862. The lowest BCUT2D eigenvalue weighted by Gasteiger charge is -2.45. The average Bonchev–Trinajstić information content (AvgIpc) is 3.91. The smallest absolute Gasteiger partial charge is 0.261 e. The van der Waals surface area contributed by atoms with Crippen LogP contribution in [0.5, 0.6) is 0 Å². The Morgan fingerprint density at radius 1 is 0.471 bits per heavy atom. The first-order valence-electron chi connectivity index (χ1n) is 18.7. The molecule has 4 nitrogen and oxygen atoms in total. The molecule has 6 heteroatoms. The van der Waals surface area contributed by atoms with Gasteiger partial charge in [-0.1, -0.05) is 170 Å². The highest BCUT2D eigenvalue weighted by Crippen LogP contribution is 2.54. The second kappa shape index (κ2) is 13.9. The summed E-state index contributed by atoms with van der Waals surface area (Å²) in [7, 11) is -4.91. The minimum atomic E-state index is -2.46. The fraction of sp³-hybridized carbons (Fsp3) is 0.467. The zero-order valence-corrected chi connectivity index (χ0v) is 33.3. The van der Waals surface area contributed by atoms with Gasteiger partial charge in [0.05, 0.1) is 24.4 Å². The molecule has 272 valence electrons. The Kier molecular flexibility index (Phi) is 10.3. The van der Waals surface area contributed by atoms with Crippen molar-refractivity contribution in [1.82, 2.24) is 0 Å². The molecule has 4 fully saturated rings. The third-order valence-corrected chi connectivity index (χ3v) is 22.2. The summed E-state index contributed by atoms with van der Waals surface area (Å²) in [5.74, 6) is 0. The van der Waals surface area contributed by atoms with Crippen molar-refractivity contribution in [2.24, 2.45) is 0 Å². The minimum Gasteiger partial charge on any atom is -0.401 e. The van der Waals surface area contributed by atoms with Gasteiger partial charge in [-0.25, -0.2) is 0 Å². The molecule has 0 unspecified atom stereocenters. The van der Waals surface area contributed by atoms with Crippen LogP contribution in [0, 0.1) is 0 Å². The standard InChI is InChI=1S/2C22H28O2Si.CH4/c2*1-21(2,3)25(17-11-7-5-8-12-17,18-13-9-6-10-14-18)24-20-16-15-19-22(20,4)23-19;/h2*5-14,19-20H,15-16H2,1-4H3;1H4/t19-,20+,22-;19-,20-,22-;/m10./s1. The zero-order chi connectivity index (χ0) is 35.4. The maximum Gasteiger partial charge on any atom is 0.261 e. The molecule has 0 spiro atoms. The SMILES string of the molecule is C.CC(C)(C)[Si](O[C@H]1CC[C@@H]2O[C@@]21C)(c1ccccc1)c1ccccc1.CC(C)(C)[Si](O[C@H]1CC[C@H]2O[C@@]12C)(c1ccccc1)c1ccccc1. The Hall–Kier alpha value is -2.85. The fourth-order valence-corrected chi connectivity index (χ4v) is 18.7. The van der Waals surface area contributed by atoms with Gasteiger partial charge in [0.1, 0.15) is 11.2 Å². The van der Waals surface area contributed by atoms with Gasteiger partial charge in [0, 0.05) is 0 Å². The Labute approximate surface area is 310 Å². The summed E-state index contributed by atoms with van der Waals surface area (Å²) in [6.45, 7) is 18.5. The van der Waals surface area contributed by atoms with Crippen LogP contribution >= 0.6 is 0 Å². The van der Waals surface area contributed by atoms with Crippen LogP contribution in [0.25, 0.3) is 0 Å². The predicted molar refractivity (Wildman–Crippen MR) is 217 cm³/mol. The summed E-state index contributed by atoms with van der Waals surface area (Å²) in [6, 6.07) is 43.5. The molecule has 51 heavy (non-hydrogen) atoms. The summed E-state index contributed by atoms with van der Waals surface area (Å²) in [5.41, 5.74) is -0.153. The van der Waals surface area contributed by atoms with E-state index in [1.54, 1.807) is 0 Å². The number of benzene rings is 4. The van der Waals surface area contributed by atoms with Gasteiger partial charge in [0.25, 0.3) is 16.6 Å². The van der Waals surface area contributed by atoms with E-state index < -0.39 is 16.6 Å². The van der Waals surface area contributed by atoms with Gasteiger partial charge in [-0.3, -0.25) is 0 Å². The van der Waals surface area contributed by atoms with Crippen LogP contribution in [0.3, 0.4) is 0 Å². The molecule has 0 radical (unpaired) electrons. The lowest BCUT2D eigenvalue weighted by atomic mass is 10.1. The summed E-state index contributed by atoms with van der Waals surface area (Å²) in [4.78, 5) is 0. The maximum absolute atomic E-state index is 7.21. The molecule has 2 saturated heterocycles. The Morgan fingerprint density at radius 2 is 0.725 bits per heavy atom. The van der Waals surface area contributed by atoms with Crippen molar-refractivity contribution in [1.29, 1.82) is 0 Å². The van der Waals surface area contributed by atoms with Crippen LogP contribution in [0.15, 0.2) is 121 Å². The van der Waals surface area contributed by atoms with Crippen molar-refractivity contribution >= 4 is 37.4 Å². The van der Waals surface area contributed by atoms with E-state index in [0.29, 0.717) is 12.2 Å². The fourth-order valence-electron chi connectivity index (χ4n) is 9.14. The van der Waals surface area contributed by atoms with E-state index >= 15 is 0 Å². The number of hydrogen-bond donors (Lipinski definition) is 0. The van der Waals surface area contributed by atoms with E-state index in [2.05, 4.69) is 177 Å². The first-order chi connectivity index (χ1) is 23.8. The van der Waals surface area contributed by atoms with E-state index in [4.69, 9.17) is 18.3 Å². The molecule has 4 aliphatic rings. The van der Waals surface area contributed by atoms with Gasteiger partial charge in [0.15, 0.2) is 0 Å². The van der Waals surface area contributed by atoms with Crippen LogP contribution in [0.2, 0.25) is 10.1 Å². The Morgan fingerprint density at radius 3 is 0.902 bits per heavy atom. The second-order valence-corrected chi connectivity index (χ2v) is 25.8. The van der Waals surface area contributed by atoms with Gasteiger partial charge >= 0.3 is 0 Å². The van der Waals surface area contributed by atoms with Crippen molar-refractivity contribution in [3.05, 3.63) is 121 Å². The quantitative estimate of drug-likeness (QED) is 0.136. The third kappa shape index (κ3) is 6.55. The first-order valence-corrected chi connectivity index (χ1v) is 22.5. The number of rotatable bonds is 8. The molecule has 8 rings (SSSR count). The van der Waals surface area contributed by atoms with Crippen molar-refractivity contribution in [3.8, 4) is 0 Å². The highest BCUT2D eigenvalue weighted by Gasteiger charge is 2.66. The van der Waals surface area contributed by atoms with Crippen LogP contribution in [-0.4, -0.2) is 52.3 Å². The molecule has 0 amide bonds. The number of hydrogen-bond acceptors (Lipinski definition) is 4. The van der Waals surface area contributed by atoms with Crippen LogP contribution in [-0.2, 0) is 18.3 Å². The van der Waals surface area contributed by atoms with Crippen molar-refractivity contribution in [2.75, 3.05) is 0 Å². The third-order valence-electron chi connectivity index (χ3n) is 12.1. The monoisotopic (exact) mass is 720 g/mol. The van der Waals surface area contributed by atoms with Gasteiger partial charge in [0.2, 0.25) is 0 Å². The number of epoxide rings is 2. The molecule has 4 aromatic carbocycles. The minimum absolute atomic E-state index is 0.